The molecule has 0 unspecified atom stereocenters. The molecule has 0 saturated carbocycles. The first-order valence-electron chi connectivity index (χ1n) is 6.70. The van der Waals surface area contributed by atoms with E-state index in [1.165, 1.54) is 0 Å². The van der Waals surface area contributed by atoms with Gasteiger partial charge in [-0.15, -0.1) is 0 Å². The van der Waals surface area contributed by atoms with Crippen molar-refractivity contribution in [2.45, 2.75) is 24.3 Å². The van der Waals surface area contributed by atoms with E-state index in [4.69, 9.17) is 36.3 Å². The smallest absolute Gasteiger partial charge is 0.385 e. The minimum absolute atomic E-state index is 0.411. The molecule has 0 amide bonds. The van der Waals surface area contributed by atoms with E-state index in [-0.39, 0.29) is 0 Å². The fourth-order valence-corrected chi connectivity index (χ4v) is 2.41. The van der Waals surface area contributed by atoms with Crippen LogP contribution in [-0.4, -0.2) is 54.2 Å². The number of hydrogen-bond acceptors (Lipinski definition) is 7. The van der Waals surface area contributed by atoms with Crippen molar-refractivity contribution < 1.29 is 41.0 Å². The van der Waals surface area contributed by atoms with Gasteiger partial charge < -0.3 is 24.7 Å². The average Bonchev–Trinajstić information content (AvgIpc) is 2.66. The number of nitrogens with one attached hydrogen (secondary N) is 1. The molecular weight excluding hydrogens is 382 g/mol. The van der Waals surface area contributed by atoms with Crippen molar-refractivity contribution in [3.05, 3.63) is 26.3 Å². The second kappa shape index (κ2) is 6.31. The van der Waals surface area contributed by atoms with Crippen LogP contribution in [0.15, 0.2) is 11.0 Å². The van der Waals surface area contributed by atoms with E-state index in [0.717, 1.165) is 10.8 Å². The highest BCUT2D eigenvalue weighted by molar-refractivity contribution is 7.71. The van der Waals surface area contributed by atoms with E-state index in [9.17, 15) is 24.0 Å². The number of phosphoric ester groups is 1. The molecule has 14 heteroatoms. The topological polar surface area (TPSA) is 154 Å². The Morgan fingerprint density at radius 3 is 2.83 bits per heavy atom. The molecule has 23 heavy (non-hydrogen) atoms. The Balaban J connectivity index is 2.48. The molecular formula is C9H11ClFN2O8PS. The molecule has 1 aromatic heterocycles. The van der Waals surface area contributed by atoms with Crippen LogP contribution in [-0.2, 0) is 13.8 Å². The lowest BCUT2D eigenvalue weighted by Gasteiger charge is -2.23. The van der Waals surface area contributed by atoms with E-state index in [0.29, 0.717) is 0 Å². The largest absolute Gasteiger partial charge is 0.469 e. The van der Waals surface area contributed by atoms with Gasteiger partial charge >= 0.3 is 7.82 Å². The Morgan fingerprint density at radius 2 is 2.26 bits per heavy atom. The number of hydrogen-bond donors (Lipinski definition) is 5. The summed E-state index contributed by atoms with van der Waals surface area (Å²) in [6.45, 7) is -3.87. The molecule has 1 aliphatic heterocycles. The number of aromatic amines is 1. The van der Waals surface area contributed by atoms with Gasteiger partial charge in [0.1, 0.15) is 23.8 Å². The maximum Gasteiger partial charge on any atom is 0.469 e. The van der Waals surface area contributed by atoms with Crippen molar-refractivity contribution in [3.8, 4) is 0 Å². The number of H-pyrrole nitrogens is 1. The number of ether oxygens (including phenoxy) is 1. The van der Waals surface area contributed by atoms with Gasteiger partial charge in [-0.05, 0) is 12.2 Å². The van der Waals surface area contributed by atoms with Crippen molar-refractivity contribution in [3.63, 3.8) is 0 Å². The summed E-state index contributed by atoms with van der Waals surface area (Å²) in [6, 6.07) is 0. The number of rotatable bonds is 4. The molecule has 0 spiro atoms. The molecule has 2 rings (SSSR count). The first-order chi connectivity index (χ1) is 11.2. The van der Waals surface area contributed by atoms with Gasteiger partial charge in [0.15, 0.2) is 11.0 Å². The van der Waals surface area contributed by atoms with E-state index in [1.54, 1.807) is 0 Å². The summed E-state index contributed by atoms with van der Waals surface area (Å²) in [4.78, 5) is 30.8. The van der Waals surface area contributed by atoms with Gasteiger partial charge in [0.2, 0.25) is 0 Å². The van der Waals surface area contributed by atoms with Gasteiger partial charge in [-0.1, -0.05) is 11.6 Å². The van der Waals surface area contributed by atoms with Crippen LogP contribution in [0.1, 0.15) is 8.97 Å². The molecule has 5 N–H and O–H groups in total. The lowest BCUT2D eigenvalue weighted by Crippen LogP contribution is -2.42. The van der Waals surface area contributed by atoms with Gasteiger partial charge in [0.25, 0.3) is 11.4 Å². The molecule has 0 aromatic carbocycles. The van der Waals surface area contributed by atoms with Gasteiger partial charge in [0, 0.05) is 6.20 Å². The summed E-state index contributed by atoms with van der Waals surface area (Å²) in [7, 11) is -5.53. The monoisotopic (exact) mass is 394 g/mol. The molecule has 130 valence electrons. The molecule has 0 bridgehead atoms. The third kappa shape index (κ3) is 3.87. The van der Waals surface area contributed by atoms with E-state index >= 15 is 0 Å². The van der Waals surface area contributed by atoms with Crippen LogP contribution in [0.4, 0.5) is 4.39 Å². The van der Waals surface area contributed by atoms with Crippen molar-refractivity contribution in [1.82, 2.24) is 9.55 Å². The minimum Gasteiger partial charge on any atom is -0.385 e. The summed E-state index contributed by atoms with van der Waals surface area (Å²) < 4.78 is 49.0. The molecule has 0 aliphatic carbocycles. The SMILES string of the molecule is [2H]C([2H])(OP(=O)(O)O)[C@@]1(F)O[C@@H](n2cc(Cl)c(=O)[nH]c2=S)[C@H](O)[C@@H]1O. The molecule has 1 aromatic rings. The van der Waals surface area contributed by atoms with Crippen LogP contribution < -0.4 is 5.56 Å². The fourth-order valence-electron chi connectivity index (χ4n) is 1.77. The number of phosphoric acid groups is 1. The van der Waals surface area contributed by atoms with Crippen LogP contribution in [0.2, 0.25) is 5.02 Å². The first-order valence-corrected chi connectivity index (χ1v) is 8.01. The summed E-state index contributed by atoms with van der Waals surface area (Å²) in [5.41, 5.74) is -0.803. The van der Waals surface area contributed by atoms with Crippen LogP contribution in [0.3, 0.4) is 0 Å². The van der Waals surface area contributed by atoms with Gasteiger partial charge in [-0.3, -0.25) is 18.9 Å². The summed E-state index contributed by atoms with van der Waals surface area (Å²) in [5.74, 6) is -3.89. The Kier molecular flexibility index (Phi) is 4.34. The fraction of sp³-hybridized carbons (Fsp3) is 0.556. The van der Waals surface area contributed by atoms with Crippen LogP contribution >= 0.6 is 31.6 Å². The maximum atomic E-state index is 14.9. The molecule has 0 radical (unpaired) electrons. The third-order valence-electron chi connectivity index (χ3n) is 2.79. The number of aliphatic hydroxyl groups excluding tert-OH is 2. The first kappa shape index (κ1) is 15.8. The Bertz CT molecular complexity index is 848. The quantitative estimate of drug-likeness (QED) is 0.338. The number of alkyl halides is 1. The number of aliphatic hydroxyl groups is 2. The lowest BCUT2D eigenvalue weighted by molar-refractivity contribution is -0.204. The van der Waals surface area contributed by atoms with Crippen LogP contribution in [0.25, 0.3) is 0 Å². The van der Waals surface area contributed by atoms with E-state index < -0.39 is 54.0 Å². The predicted octanol–water partition coefficient (Wildman–Crippen LogP) is -0.415. The maximum absolute atomic E-state index is 14.9. The highest BCUT2D eigenvalue weighted by Crippen LogP contribution is 2.43. The van der Waals surface area contributed by atoms with Crippen molar-refractivity contribution in [1.29, 1.82) is 0 Å². The van der Waals surface area contributed by atoms with E-state index in [1.807, 2.05) is 0 Å². The highest BCUT2D eigenvalue weighted by Gasteiger charge is 2.57. The molecule has 4 atom stereocenters. The number of nitrogens with zero attached hydrogens (tertiary/aromatic N) is 1. The highest BCUT2D eigenvalue weighted by atomic mass is 35.5. The van der Waals surface area contributed by atoms with E-state index in [2.05, 4.69) is 14.2 Å². The second-order valence-electron chi connectivity index (χ2n) is 4.42. The zero-order valence-electron chi connectivity index (χ0n) is 12.8. The van der Waals surface area contributed by atoms with Gasteiger partial charge in [0.05, 0.1) is 2.74 Å². The average molecular weight is 395 g/mol. The molecule has 10 nitrogen and oxygen atoms in total. The Morgan fingerprint density at radius 1 is 1.65 bits per heavy atom. The summed E-state index contributed by atoms with van der Waals surface area (Å²) in [5, 5.41) is 19.3. The van der Waals surface area contributed by atoms with Gasteiger partial charge in [-0.25, -0.2) is 8.96 Å². The van der Waals surface area contributed by atoms with Crippen LogP contribution in [0, 0.1) is 4.77 Å². The number of halogens is 2. The zero-order chi connectivity index (χ0) is 19.4. The normalized spacial score (nSPS) is 33.4. The lowest BCUT2D eigenvalue weighted by atomic mass is 10.1. The third-order valence-corrected chi connectivity index (χ3v) is 3.70. The number of aromatic nitrogens is 2. The molecule has 1 fully saturated rings. The Hall–Kier alpha value is -0.690. The Labute approximate surface area is 140 Å². The molecule has 2 heterocycles. The van der Waals surface area contributed by atoms with Gasteiger partial charge in [-0.2, -0.15) is 0 Å². The predicted molar refractivity (Wildman–Crippen MR) is 74.9 cm³/mol. The van der Waals surface area contributed by atoms with Crippen molar-refractivity contribution >= 4 is 31.6 Å². The molecule has 1 saturated heterocycles. The zero-order valence-corrected chi connectivity index (χ0v) is 13.3. The summed E-state index contributed by atoms with van der Waals surface area (Å²) in [6.07, 6.45) is -5.84. The van der Waals surface area contributed by atoms with Crippen molar-refractivity contribution in [2.24, 2.45) is 0 Å². The minimum atomic E-state index is -5.53. The summed E-state index contributed by atoms with van der Waals surface area (Å²) >= 11 is 10.4. The standard InChI is InChI=1S/C9H11ClFN2O8PS/c10-3-1-13(8(23)12-6(3)16)7-4(14)5(15)9(11,21-7)2-20-22(17,18)19/h1,4-5,7,14-15H,2H2,(H,12,16,23)(H2,17,18,19)/t4-,5+,7-,9-/m1/s1/i2D2. The second-order valence-corrected chi connectivity index (χ2v) is 6.37. The van der Waals surface area contributed by atoms with Crippen LogP contribution in [0.5, 0.6) is 0 Å². The van der Waals surface area contributed by atoms with Crippen molar-refractivity contribution in [2.75, 3.05) is 6.56 Å². The molecule has 1 aliphatic rings.